The predicted molar refractivity (Wildman–Crippen MR) is 163 cm³/mol. The Bertz CT molecular complexity index is 1380. The second-order valence-corrected chi connectivity index (χ2v) is 11.0. The van der Waals surface area contributed by atoms with Crippen LogP contribution in [-0.2, 0) is 4.74 Å². The van der Waals surface area contributed by atoms with Gasteiger partial charge in [-0.1, -0.05) is 43.2 Å². The van der Waals surface area contributed by atoms with Crippen LogP contribution in [0.25, 0.3) is 11.3 Å². The molecular weight excluding hydrogens is 551 g/mol. The van der Waals surface area contributed by atoms with Crippen molar-refractivity contribution in [2.24, 2.45) is 0 Å². The van der Waals surface area contributed by atoms with E-state index in [9.17, 15) is 14.0 Å². The third-order valence-corrected chi connectivity index (χ3v) is 8.29. The molecule has 1 aliphatic carbocycles. The Hall–Kier alpha value is -4.12. The number of anilines is 1. The Morgan fingerprint density at radius 1 is 1.14 bits per heavy atom. The molecule has 0 radical (unpaired) electrons. The highest BCUT2D eigenvalue weighted by atomic mass is 19.1. The highest BCUT2D eigenvalue weighted by Crippen LogP contribution is 2.35. The van der Waals surface area contributed by atoms with E-state index in [4.69, 9.17) is 14.5 Å². The van der Waals surface area contributed by atoms with E-state index in [1.807, 2.05) is 35.2 Å². The van der Waals surface area contributed by atoms with E-state index in [-0.39, 0.29) is 29.8 Å². The summed E-state index contributed by atoms with van der Waals surface area (Å²) in [5.41, 5.74) is 2.44. The fraction of sp³-hybridized carbons (Fsp3) is 0.469. The number of hydrogen-bond donors (Lipinski definition) is 3. The van der Waals surface area contributed by atoms with Gasteiger partial charge in [0.1, 0.15) is 11.6 Å². The first kappa shape index (κ1) is 30.3. The summed E-state index contributed by atoms with van der Waals surface area (Å²) in [5, 5.41) is 9.61. The van der Waals surface area contributed by atoms with Gasteiger partial charge in [-0.3, -0.25) is 4.79 Å². The van der Waals surface area contributed by atoms with Crippen molar-refractivity contribution >= 4 is 17.7 Å². The van der Waals surface area contributed by atoms with Crippen molar-refractivity contribution in [3.8, 4) is 17.0 Å². The largest absolute Gasteiger partial charge is 0.497 e. The topological polar surface area (TPSA) is 110 Å². The van der Waals surface area contributed by atoms with Gasteiger partial charge in [0.2, 0.25) is 0 Å². The van der Waals surface area contributed by atoms with Gasteiger partial charge in [0.05, 0.1) is 43.5 Å². The molecule has 1 saturated carbocycles. The van der Waals surface area contributed by atoms with Crippen molar-refractivity contribution in [3.05, 3.63) is 66.4 Å². The normalized spacial score (nSPS) is 20.3. The number of halogens is 1. The number of nitrogens with one attached hydrogen (secondary N) is 3. The monoisotopic (exact) mass is 592 g/mol. The molecule has 11 heteroatoms. The minimum absolute atomic E-state index is 0.0650. The van der Waals surface area contributed by atoms with Gasteiger partial charge < -0.3 is 34.9 Å². The molecule has 2 fully saturated rings. The highest BCUT2D eigenvalue weighted by Gasteiger charge is 2.35. The lowest BCUT2D eigenvalue weighted by molar-refractivity contribution is 0.0624. The number of carbonyl (C=O) groups excluding carboxylic acids is 2. The smallest absolute Gasteiger partial charge is 0.407 e. The van der Waals surface area contributed by atoms with Crippen LogP contribution in [-0.4, -0.2) is 78.4 Å². The Kier molecular flexibility index (Phi) is 10.1. The van der Waals surface area contributed by atoms with E-state index < -0.39 is 6.09 Å². The maximum Gasteiger partial charge on any atom is 0.407 e. The number of carbonyl (C=O) groups is 2. The predicted octanol–water partition coefficient (Wildman–Crippen LogP) is 4.84. The number of hydrogen-bond acceptors (Lipinski definition) is 7. The Balaban J connectivity index is 1.38. The van der Waals surface area contributed by atoms with Gasteiger partial charge in [0.15, 0.2) is 5.69 Å². The number of ether oxygens (including phenoxy) is 2. The van der Waals surface area contributed by atoms with Crippen molar-refractivity contribution in [1.29, 1.82) is 0 Å². The molecule has 3 N–H and O–H groups in total. The molecule has 3 aromatic rings. The summed E-state index contributed by atoms with van der Waals surface area (Å²) >= 11 is 0. The number of rotatable bonds is 10. The van der Waals surface area contributed by atoms with Crippen molar-refractivity contribution in [2.45, 2.75) is 57.2 Å². The van der Waals surface area contributed by atoms with Crippen LogP contribution in [0.15, 0.2) is 54.9 Å². The molecule has 230 valence electrons. The number of methoxy groups -OCH3 is 1. The highest BCUT2D eigenvalue weighted by molar-refractivity contribution is 5.98. The van der Waals surface area contributed by atoms with Crippen LogP contribution in [0.2, 0.25) is 0 Å². The molecule has 3 atom stereocenters. The number of imidazole rings is 1. The van der Waals surface area contributed by atoms with E-state index in [0.29, 0.717) is 56.3 Å². The molecule has 0 unspecified atom stereocenters. The Morgan fingerprint density at radius 2 is 1.95 bits per heavy atom. The van der Waals surface area contributed by atoms with E-state index >= 15 is 0 Å². The first-order valence-corrected chi connectivity index (χ1v) is 15.1. The number of benzene rings is 2. The third-order valence-electron chi connectivity index (χ3n) is 8.29. The standard InChI is InChI=1S/C32H41FN6O4/c1-3-43-32(41)37-27-11-7-8-12-28(27)39-21-36-29(30(39)22-9-5-4-6-10-22)31(40)38-18-17-34-20-23(38)15-16-35-26-14-13-24(42-2)19-25(26)33/h4-6,9-10,13-14,19,21,23,27-28,34-35H,3,7-8,11-12,15-18,20H2,1-2H3,(H,37,41)/t23-,27+,28+/m1/s1. The molecular formula is C32H41FN6O4. The average molecular weight is 593 g/mol. The Labute approximate surface area is 252 Å². The van der Waals surface area contributed by atoms with Gasteiger partial charge in [0, 0.05) is 43.9 Å². The van der Waals surface area contributed by atoms with Crippen molar-refractivity contribution in [3.63, 3.8) is 0 Å². The van der Waals surface area contributed by atoms with Gasteiger partial charge in [-0.2, -0.15) is 0 Å². The molecule has 43 heavy (non-hydrogen) atoms. The van der Waals surface area contributed by atoms with Gasteiger partial charge in [-0.05, 0) is 38.3 Å². The Morgan fingerprint density at radius 3 is 2.72 bits per heavy atom. The summed E-state index contributed by atoms with van der Waals surface area (Å²) in [7, 11) is 1.50. The van der Waals surface area contributed by atoms with Crippen LogP contribution in [0.5, 0.6) is 5.75 Å². The number of alkyl carbamates (subject to hydrolysis) is 1. The van der Waals surface area contributed by atoms with Crippen LogP contribution in [0, 0.1) is 5.82 Å². The maximum atomic E-state index is 14.5. The average Bonchev–Trinajstić information content (AvgIpc) is 3.47. The van der Waals surface area contributed by atoms with Crippen LogP contribution in [0.3, 0.4) is 0 Å². The molecule has 0 spiro atoms. The zero-order chi connectivity index (χ0) is 30.2. The molecule has 2 amide bonds. The minimum atomic E-state index is -0.427. The van der Waals surface area contributed by atoms with E-state index in [1.54, 1.807) is 25.4 Å². The summed E-state index contributed by atoms with van der Waals surface area (Å²) in [6.45, 7) is 4.43. The fourth-order valence-corrected chi connectivity index (χ4v) is 6.15. The van der Waals surface area contributed by atoms with Gasteiger partial charge >= 0.3 is 6.09 Å². The lowest BCUT2D eigenvalue weighted by atomic mass is 9.89. The van der Waals surface area contributed by atoms with Crippen LogP contribution >= 0.6 is 0 Å². The first-order chi connectivity index (χ1) is 21.0. The summed E-state index contributed by atoms with van der Waals surface area (Å²) in [6.07, 6.45) is 5.64. The minimum Gasteiger partial charge on any atom is -0.497 e. The lowest BCUT2D eigenvalue weighted by Crippen LogP contribution is -2.54. The molecule has 1 saturated heterocycles. The van der Waals surface area contributed by atoms with Crippen molar-refractivity contribution < 1.29 is 23.5 Å². The number of nitrogens with zero attached hydrogens (tertiary/aromatic N) is 3. The summed E-state index contributed by atoms with van der Waals surface area (Å²) < 4.78 is 26.8. The molecule has 2 aliphatic rings. The van der Waals surface area contributed by atoms with Gasteiger partial charge in [0.25, 0.3) is 5.91 Å². The maximum absolute atomic E-state index is 14.5. The zero-order valence-corrected chi connectivity index (χ0v) is 24.9. The summed E-state index contributed by atoms with van der Waals surface area (Å²) in [5.74, 6) is -0.0582. The van der Waals surface area contributed by atoms with Crippen molar-refractivity contribution in [2.75, 3.05) is 45.2 Å². The summed E-state index contributed by atoms with van der Waals surface area (Å²) in [4.78, 5) is 33.2. The number of amides is 2. The SMILES string of the molecule is CCOC(=O)N[C@H]1CCCC[C@@H]1n1cnc(C(=O)N2CCNC[C@H]2CCNc2ccc(OC)cc2F)c1-c1ccccc1. The second kappa shape index (κ2) is 14.4. The van der Waals surface area contributed by atoms with E-state index in [1.165, 1.54) is 13.2 Å². The van der Waals surface area contributed by atoms with Crippen LogP contribution in [0.4, 0.5) is 14.9 Å². The summed E-state index contributed by atoms with van der Waals surface area (Å²) in [6, 6.07) is 14.2. The van der Waals surface area contributed by atoms with Gasteiger partial charge in [-0.25, -0.2) is 14.2 Å². The molecule has 5 rings (SSSR count). The third kappa shape index (κ3) is 7.10. The second-order valence-electron chi connectivity index (χ2n) is 11.0. The van der Waals surface area contributed by atoms with Crippen LogP contribution in [0.1, 0.15) is 55.6 Å². The fourth-order valence-electron chi connectivity index (χ4n) is 6.15. The van der Waals surface area contributed by atoms with E-state index in [0.717, 1.165) is 36.9 Å². The number of aromatic nitrogens is 2. The van der Waals surface area contributed by atoms with Crippen LogP contribution < -0.4 is 20.7 Å². The van der Waals surface area contributed by atoms with Gasteiger partial charge in [-0.15, -0.1) is 0 Å². The molecule has 1 aromatic heterocycles. The molecule has 2 heterocycles. The molecule has 2 aromatic carbocycles. The lowest BCUT2D eigenvalue weighted by Gasteiger charge is -2.36. The first-order valence-electron chi connectivity index (χ1n) is 15.1. The molecule has 0 bridgehead atoms. The van der Waals surface area contributed by atoms with E-state index in [2.05, 4.69) is 20.5 Å². The van der Waals surface area contributed by atoms with Crippen molar-refractivity contribution in [1.82, 2.24) is 25.1 Å². The zero-order valence-electron chi connectivity index (χ0n) is 24.9. The molecule has 1 aliphatic heterocycles. The quantitative estimate of drug-likeness (QED) is 0.309. The number of piperazine rings is 1. The molecule has 10 nitrogen and oxygen atoms in total.